The molecule has 0 saturated heterocycles. The molecule has 0 aliphatic carbocycles. The highest BCUT2D eigenvalue weighted by atomic mass is 79.9. The molecule has 1 aromatic heterocycles. The number of fused-ring (bicyclic) bond motifs is 1. The molecule has 0 radical (unpaired) electrons. The summed E-state index contributed by atoms with van der Waals surface area (Å²) in [5.41, 5.74) is 4.09. The Balaban J connectivity index is 1.41. The second-order valence-electron chi connectivity index (χ2n) is 6.73. The zero-order valence-corrected chi connectivity index (χ0v) is 17.7. The molecular weight excluding hydrogens is 462 g/mol. The molecule has 31 heavy (non-hydrogen) atoms. The summed E-state index contributed by atoms with van der Waals surface area (Å²) in [6.07, 6.45) is 1.61. The fraction of sp³-hybridized carbons (Fsp3) is 0.0435. The number of hydrazone groups is 1. The number of nitrogens with zero attached hydrogens (tertiary/aromatic N) is 2. The normalized spacial score (nSPS) is 11.1. The summed E-state index contributed by atoms with van der Waals surface area (Å²) in [7, 11) is 0. The molecule has 8 heteroatoms. The van der Waals surface area contributed by atoms with Gasteiger partial charge in [0.25, 0.3) is 5.69 Å². The first-order chi connectivity index (χ1) is 15.0. The van der Waals surface area contributed by atoms with E-state index in [9.17, 15) is 14.9 Å². The fourth-order valence-corrected chi connectivity index (χ4v) is 3.77. The Hall–Kier alpha value is -3.78. The topological polar surface area (TPSA) is 97.7 Å². The van der Waals surface area contributed by atoms with Gasteiger partial charge >= 0.3 is 0 Å². The molecular formula is C23H16BrN3O4. The third kappa shape index (κ3) is 4.70. The van der Waals surface area contributed by atoms with Crippen molar-refractivity contribution in [3.05, 3.63) is 98.7 Å². The van der Waals surface area contributed by atoms with E-state index in [1.54, 1.807) is 18.2 Å². The van der Waals surface area contributed by atoms with Crippen LogP contribution in [0.4, 0.5) is 5.69 Å². The first-order valence-corrected chi connectivity index (χ1v) is 10.1. The number of amides is 1. The van der Waals surface area contributed by atoms with Crippen molar-refractivity contribution >= 4 is 44.5 Å². The van der Waals surface area contributed by atoms with Crippen molar-refractivity contribution in [2.24, 2.45) is 5.10 Å². The van der Waals surface area contributed by atoms with Gasteiger partial charge in [0.2, 0.25) is 5.91 Å². The smallest absolute Gasteiger partial charge is 0.270 e. The lowest BCUT2D eigenvalue weighted by Gasteiger charge is -2.05. The molecule has 3 aromatic carbocycles. The first kappa shape index (κ1) is 20.5. The van der Waals surface area contributed by atoms with Gasteiger partial charge < -0.3 is 4.42 Å². The summed E-state index contributed by atoms with van der Waals surface area (Å²) in [6.45, 7) is 0. The van der Waals surface area contributed by atoms with Crippen LogP contribution in [0.1, 0.15) is 11.3 Å². The van der Waals surface area contributed by atoms with Crippen LogP contribution < -0.4 is 5.43 Å². The molecule has 0 saturated carbocycles. The van der Waals surface area contributed by atoms with Crippen molar-refractivity contribution in [1.29, 1.82) is 0 Å². The van der Waals surface area contributed by atoms with E-state index in [4.69, 9.17) is 4.42 Å². The number of hydrogen-bond donors (Lipinski definition) is 1. The first-order valence-electron chi connectivity index (χ1n) is 9.34. The lowest BCUT2D eigenvalue weighted by Crippen LogP contribution is -2.19. The zero-order chi connectivity index (χ0) is 21.8. The number of nitrogens with one attached hydrogen (secondary N) is 1. The van der Waals surface area contributed by atoms with Gasteiger partial charge in [-0.3, -0.25) is 14.9 Å². The number of furan rings is 1. The van der Waals surface area contributed by atoms with Crippen molar-refractivity contribution in [1.82, 2.24) is 5.43 Å². The van der Waals surface area contributed by atoms with E-state index in [0.717, 1.165) is 16.3 Å². The van der Waals surface area contributed by atoms with Crippen LogP contribution in [-0.4, -0.2) is 17.0 Å². The van der Waals surface area contributed by atoms with Crippen molar-refractivity contribution in [3.63, 3.8) is 0 Å². The fourth-order valence-electron chi connectivity index (χ4n) is 3.21. The number of nitro groups is 1. The third-order valence-electron chi connectivity index (χ3n) is 4.67. The highest BCUT2D eigenvalue weighted by Crippen LogP contribution is 2.32. The molecule has 7 nitrogen and oxygen atoms in total. The van der Waals surface area contributed by atoms with Gasteiger partial charge in [0.15, 0.2) is 0 Å². The number of carbonyl (C=O) groups excluding carboxylic acids is 1. The number of non-ortho nitro benzene ring substituents is 1. The summed E-state index contributed by atoms with van der Waals surface area (Å²) in [5.74, 6) is 0.716. The molecule has 0 fully saturated rings. The number of benzene rings is 3. The molecule has 0 unspecified atom stereocenters. The van der Waals surface area contributed by atoms with E-state index in [0.29, 0.717) is 21.6 Å². The zero-order valence-electron chi connectivity index (χ0n) is 16.1. The van der Waals surface area contributed by atoms with Gasteiger partial charge in [-0.05, 0) is 50.5 Å². The summed E-state index contributed by atoms with van der Waals surface area (Å²) in [6, 6.07) is 21.6. The average molecular weight is 478 g/mol. The molecule has 0 atom stereocenters. The molecule has 4 aromatic rings. The van der Waals surface area contributed by atoms with Crippen molar-refractivity contribution in [2.45, 2.75) is 6.42 Å². The highest BCUT2D eigenvalue weighted by molar-refractivity contribution is 9.10. The van der Waals surface area contributed by atoms with Gasteiger partial charge in [-0.15, -0.1) is 0 Å². The number of nitro benzene ring substituents is 1. The number of rotatable bonds is 6. The second kappa shape index (κ2) is 8.93. The van der Waals surface area contributed by atoms with E-state index in [1.807, 2.05) is 42.5 Å². The van der Waals surface area contributed by atoms with Crippen molar-refractivity contribution in [3.8, 4) is 11.3 Å². The van der Waals surface area contributed by atoms with E-state index in [1.165, 1.54) is 18.3 Å². The Morgan fingerprint density at radius 1 is 1.10 bits per heavy atom. The molecule has 1 amide bonds. The maximum absolute atomic E-state index is 12.3. The lowest BCUT2D eigenvalue weighted by atomic mass is 10.0. The van der Waals surface area contributed by atoms with Gasteiger partial charge in [-0.1, -0.05) is 42.5 Å². The van der Waals surface area contributed by atoms with Crippen molar-refractivity contribution in [2.75, 3.05) is 0 Å². The van der Waals surface area contributed by atoms with Gasteiger partial charge in [0.05, 0.1) is 17.6 Å². The van der Waals surface area contributed by atoms with Crippen LogP contribution in [0.15, 0.2) is 86.8 Å². The van der Waals surface area contributed by atoms with E-state index in [-0.39, 0.29) is 18.0 Å². The minimum atomic E-state index is -0.463. The third-order valence-corrected chi connectivity index (χ3v) is 5.32. The quantitative estimate of drug-likeness (QED) is 0.226. The summed E-state index contributed by atoms with van der Waals surface area (Å²) in [5, 5.41) is 16.9. The molecule has 154 valence electrons. The maximum atomic E-state index is 12.3. The van der Waals surface area contributed by atoms with Gasteiger partial charge in [0, 0.05) is 22.2 Å². The van der Waals surface area contributed by atoms with Crippen LogP contribution >= 0.6 is 15.9 Å². The Morgan fingerprint density at radius 3 is 2.71 bits per heavy atom. The summed E-state index contributed by atoms with van der Waals surface area (Å²) < 4.78 is 6.25. The predicted octanol–water partition coefficient (Wildman–Crippen LogP) is 5.46. The van der Waals surface area contributed by atoms with Crippen LogP contribution in [0, 0.1) is 10.1 Å². The van der Waals surface area contributed by atoms with Gasteiger partial charge in [-0.25, -0.2) is 5.43 Å². The van der Waals surface area contributed by atoms with E-state index < -0.39 is 4.92 Å². The minimum absolute atomic E-state index is 0.0159. The standard InChI is InChI=1S/C23H16BrN3O4/c24-21-13-17(27(29)30)8-10-20(21)22-11-9-18(31-22)14-25-26-23(28)12-16-6-3-5-15-4-1-2-7-19(15)16/h1-11,13-14H,12H2,(H,26,28)/b25-14-. The van der Waals surface area contributed by atoms with Crippen LogP contribution in [0.2, 0.25) is 0 Å². The molecule has 1 N–H and O–H groups in total. The molecule has 4 rings (SSSR count). The Labute approximate surface area is 185 Å². The number of hydrogen-bond acceptors (Lipinski definition) is 5. The van der Waals surface area contributed by atoms with Gasteiger partial charge in [-0.2, -0.15) is 5.10 Å². The summed E-state index contributed by atoms with van der Waals surface area (Å²) in [4.78, 5) is 22.7. The molecule has 1 heterocycles. The molecule has 0 aliphatic heterocycles. The van der Waals surface area contributed by atoms with E-state index >= 15 is 0 Å². The Bertz CT molecular complexity index is 1310. The number of halogens is 1. The molecule has 0 spiro atoms. The molecule has 0 aliphatic rings. The van der Waals surface area contributed by atoms with Crippen LogP contribution in [0.5, 0.6) is 0 Å². The predicted molar refractivity (Wildman–Crippen MR) is 122 cm³/mol. The second-order valence-corrected chi connectivity index (χ2v) is 7.59. The monoisotopic (exact) mass is 477 g/mol. The highest BCUT2D eigenvalue weighted by Gasteiger charge is 2.13. The number of carbonyl (C=O) groups is 1. The average Bonchev–Trinajstić information content (AvgIpc) is 3.22. The maximum Gasteiger partial charge on any atom is 0.270 e. The minimum Gasteiger partial charge on any atom is -0.455 e. The Kier molecular flexibility index (Phi) is 5.90. The SMILES string of the molecule is O=C(Cc1cccc2ccccc12)N/N=C\c1ccc(-c2ccc([N+](=O)[O-])cc2Br)o1. The summed E-state index contributed by atoms with van der Waals surface area (Å²) >= 11 is 3.33. The van der Waals surface area contributed by atoms with Crippen LogP contribution in [0.25, 0.3) is 22.1 Å². The van der Waals surface area contributed by atoms with Crippen molar-refractivity contribution < 1.29 is 14.1 Å². The van der Waals surface area contributed by atoms with E-state index in [2.05, 4.69) is 26.5 Å². The molecule has 0 bridgehead atoms. The van der Waals surface area contributed by atoms with Crippen LogP contribution in [0.3, 0.4) is 0 Å². The Morgan fingerprint density at radius 2 is 1.90 bits per heavy atom. The van der Waals surface area contributed by atoms with Crippen LogP contribution in [-0.2, 0) is 11.2 Å². The largest absolute Gasteiger partial charge is 0.455 e. The lowest BCUT2D eigenvalue weighted by molar-refractivity contribution is -0.384. The van der Waals surface area contributed by atoms with Gasteiger partial charge in [0.1, 0.15) is 11.5 Å².